The molecule has 0 saturated heterocycles. The van der Waals surface area contributed by atoms with E-state index >= 15 is 0 Å². The third kappa shape index (κ3) is 1.79. The highest BCUT2D eigenvalue weighted by atomic mass is 16.4. The van der Waals surface area contributed by atoms with Gasteiger partial charge in [0.05, 0.1) is 23.6 Å². The van der Waals surface area contributed by atoms with E-state index in [1.165, 1.54) is 0 Å². The number of nitrogens with one attached hydrogen (secondary N) is 1. The van der Waals surface area contributed by atoms with Crippen molar-refractivity contribution in [1.82, 2.24) is 15.0 Å². The molecule has 0 radical (unpaired) electrons. The summed E-state index contributed by atoms with van der Waals surface area (Å²) in [5.74, 6) is 1.54. The van der Waals surface area contributed by atoms with Crippen LogP contribution in [-0.4, -0.2) is 15.0 Å². The first-order chi connectivity index (χ1) is 8.54. The minimum absolute atomic E-state index is 0.0731. The van der Waals surface area contributed by atoms with Gasteiger partial charge in [0.15, 0.2) is 11.7 Å². The van der Waals surface area contributed by atoms with Gasteiger partial charge in [0.2, 0.25) is 0 Å². The van der Waals surface area contributed by atoms with Gasteiger partial charge in [-0.05, 0) is 18.2 Å². The molecule has 4 heteroatoms. The molecule has 3 aromatic rings. The van der Waals surface area contributed by atoms with Crippen molar-refractivity contribution in [3.63, 3.8) is 0 Å². The molecule has 1 N–H and O–H groups in total. The van der Waals surface area contributed by atoms with Crippen molar-refractivity contribution in [2.24, 2.45) is 0 Å². The molecule has 0 aliphatic heterocycles. The lowest BCUT2D eigenvalue weighted by Gasteiger charge is -2.12. The molecular weight excluding hydrogens is 226 g/mol. The number of oxazole rings is 1. The normalized spacial score (nSPS) is 12.2. The monoisotopic (exact) mass is 241 g/mol. The molecule has 0 atom stereocenters. The van der Waals surface area contributed by atoms with Crippen LogP contribution in [0.4, 0.5) is 0 Å². The first kappa shape index (κ1) is 11.0. The fourth-order valence-corrected chi connectivity index (χ4v) is 1.84. The maximum absolute atomic E-state index is 5.81. The first-order valence-corrected chi connectivity index (χ1v) is 5.94. The van der Waals surface area contributed by atoms with E-state index < -0.39 is 0 Å². The van der Waals surface area contributed by atoms with Gasteiger partial charge in [-0.25, -0.2) is 9.97 Å². The van der Waals surface area contributed by atoms with Gasteiger partial charge in [-0.15, -0.1) is 0 Å². The molecule has 1 aromatic carbocycles. The zero-order valence-corrected chi connectivity index (χ0v) is 10.7. The molecule has 0 fully saturated rings. The average molecular weight is 241 g/mol. The molecular formula is C14H15N3O. The number of aromatic amines is 1. The Labute approximate surface area is 105 Å². The quantitative estimate of drug-likeness (QED) is 0.709. The molecule has 92 valence electrons. The maximum atomic E-state index is 5.81. The molecule has 0 bridgehead atoms. The second-order valence-corrected chi connectivity index (χ2v) is 5.41. The molecule has 2 heterocycles. The van der Waals surface area contributed by atoms with Crippen molar-refractivity contribution >= 4 is 11.0 Å². The predicted octanol–water partition coefficient (Wildman–Crippen LogP) is 3.52. The van der Waals surface area contributed by atoms with E-state index in [2.05, 4.69) is 35.7 Å². The Morgan fingerprint density at radius 2 is 2.00 bits per heavy atom. The Balaban J connectivity index is 2.06. The third-order valence-electron chi connectivity index (χ3n) is 2.85. The number of hydrogen-bond acceptors (Lipinski definition) is 3. The summed E-state index contributed by atoms with van der Waals surface area (Å²) in [7, 11) is 0. The largest absolute Gasteiger partial charge is 0.440 e. The van der Waals surface area contributed by atoms with Crippen molar-refractivity contribution in [3.8, 4) is 11.3 Å². The van der Waals surface area contributed by atoms with E-state index in [-0.39, 0.29) is 5.41 Å². The van der Waals surface area contributed by atoms with Crippen LogP contribution in [-0.2, 0) is 5.41 Å². The van der Waals surface area contributed by atoms with Gasteiger partial charge in [-0.3, -0.25) is 0 Å². The van der Waals surface area contributed by atoms with Gasteiger partial charge < -0.3 is 9.40 Å². The lowest BCUT2D eigenvalue weighted by atomic mass is 9.97. The summed E-state index contributed by atoms with van der Waals surface area (Å²) in [6, 6.07) is 5.99. The van der Waals surface area contributed by atoms with Crippen LogP contribution in [0.1, 0.15) is 26.7 Å². The number of aromatic nitrogens is 3. The number of fused-ring (bicyclic) bond motifs is 1. The van der Waals surface area contributed by atoms with Crippen molar-refractivity contribution in [2.75, 3.05) is 0 Å². The number of benzene rings is 1. The van der Waals surface area contributed by atoms with Crippen LogP contribution in [0.2, 0.25) is 0 Å². The second-order valence-electron chi connectivity index (χ2n) is 5.41. The summed E-state index contributed by atoms with van der Waals surface area (Å²) in [5, 5.41) is 0. The van der Waals surface area contributed by atoms with Crippen LogP contribution in [0.5, 0.6) is 0 Å². The Hall–Kier alpha value is -2.10. The summed E-state index contributed by atoms with van der Waals surface area (Å²) in [4.78, 5) is 11.6. The molecule has 0 amide bonds. The molecule has 4 nitrogen and oxygen atoms in total. The van der Waals surface area contributed by atoms with E-state index in [1.54, 1.807) is 12.5 Å². The van der Waals surface area contributed by atoms with Crippen LogP contribution in [0, 0.1) is 0 Å². The van der Waals surface area contributed by atoms with Crippen LogP contribution >= 0.6 is 0 Å². The summed E-state index contributed by atoms with van der Waals surface area (Å²) in [6.07, 6.45) is 3.47. The zero-order chi connectivity index (χ0) is 12.8. The summed E-state index contributed by atoms with van der Waals surface area (Å²) in [6.45, 7) is 6.25. The predicted molar refractivity (Wildman–Crippen MR) is 70.3 cm³/mol. The standard InChI is InChI=1S/C14H15N3O/c1-14(2,3)13-15-7-12(18-13)9-4-5-10-11(6-9)17-8-16-10/h4-8H,1-3H3,(H,16,17). The fraction of sp³-hybridized carbons (Fsp3) is 0.286. The van der Waals surface area contributed by atoms with E-state index in [0.29, 0.717) is 0 Å². The van der Waals surface area contributed by atoms with Gasteiger partial charge in [-0.1, -0.05) is 20.8 Å². The highest BCUT2D eigenvalue weighted by Gasteiger charge is 2.20. The highest BCUT2D eigenvalue weighted by molar-refractivity contribution is 5.80. The summed E-state index contributed by atoms with van der Waals surface area (Å²) < 4.78 is 5.81. The Morgan fingerprint density at radius 3 is 2.72 bits per heavy atom. The van der Waals surface area contributed by atoms with E-state index in [9.17, 15) is 0 Å². The molecule has 3 rings (SSSR count). The smallest absolute Gasteiger partial charge is 0.200 e. The number of imidazole rings is 1. The molecule has 0 aliphatic carbocycles. The lowest BCUT2D eigenvalue weighted by Crippen LogP contribution is -2.10. The van der Waals surface area contributed by atoms with E-state index in [1.807, 2.05) is 18.2 Å². The van der Waals surface area contributed by atoms with Crippen LogP contribution < -0.4 is 0 Å². The summed E-state index contributed by atoms with van der Waals surface area (Å²) in [5.41, 5.74) is 2.89. The topological polar surface area (TPSA) is 54.7 Å². The Bertz CT molecular complexity index is 688. The van der Waals surface area contributed by atoms with Crippen molar-refractivity contribution < 1.29 is 4.42 Å². The molecule has 0 unspecified atom stereocenters. The second kappa shape index (κ2) is 3.70. The van der Waals surface area contributed by atoms with Crippen molar-refractivity contribution in [1.29, 1.82) is 0 Å². The third-order valence-corrected chi connectivity index (χ3v) is 2.85. The van der Waals surface area contributed by atoms with E-state index in [0.717, 1.165) is 28.2 Å². The minimum atomic E-state index is -0.0731. The van der Waals surface area contributed by atoms with Crippen molar-refractivity contribution in [2.45, 2.75) is 26.2 Å². The van der Waals surface area contributed by atoms with Crippen LogP contribution in [0.25, 0.3) is 22.4 Å². The van der Waals surface area contributed by atoms with Gasteiger partial charge in [-0.2, -0.15) is 0 Å². The Morgan fingerprint density at radius 1 is 1.17 bits per heavy atom. The summed E-state index contributed by atoms with van der Waals surface area (Å²) >= 11 is 0. The highest BCUT2D eigenvalue weighted by Crippen LogP contribution is 2.28. The molecule has 0 aliphatic rings. The molecule has 18 heavy (non-hydrogen) atoms. The van der Waals surface area contributed by atoms with Crippen LogP contribution in [0.3, 0.4) is 0 Å². The Kier molecular flexibility index (Phi) is 2.26. The number of nitrogens with zero attached hydrogens (tertiary/aromatic N) is 2. The zero-order valence-electron chi connectivity index (χ0n) is 10.7. The SMILES string of the molecule is CC(C)(C)c1ncc(-c2ccc3nc[nH]c3c2)o1. The minimum Gasteiger partial charge on any atom is -0.440 e. The van der Waals surface area contributed by atoms with Gasteiger partial charge in [0.25, 0.3) is 0 Å². The molecule has 0 saturated carbocycles. The van der Waals surface area contributed by atoms with Gasteiger partial charge in [0.1, 0.15) is 0 Å². The fourth-order valence-electron chi connectivity index (χ4n) is 1.84. The van der Waals surface area contributed by atoms with Crippen molar-refractivity contribution in [3.05, 3.63) is 36.6 Å². The van der Waals surface area contributed by atoms with Crippen LogP contribution in [0.15, 0.2) is 35.1 Å². The number of rotatable bonds is 1. The maximum Gasteiger partial charge on any atom is 0.200 e. The number of hydrogen-bond donors (Lipinski definition) is 1. The molecule has 2 aromatic heterocycles. The lowest BCUT2D eigenvalue weighted by molar-refractivity contribution is 0.399. The first-order valence-electron chi connectivity index (χ1n) is 5.94. The average Bonchev–Trinajstić information content (AvgIpc) is 2.96. The van der Waals surface area contributed by atoms with Gasteiger partial charge >= 0.3 is 0 Å². The number of H-pyrrole nitrogens is 1. The van der Waals surface area contributed by atoms with E-state index in [4.69, 9.17) is 4.42 Å². The molecule has 0 spiro atoms. The van der Waals surface area contributed by atoms with Gasteiger partial charge in [0, 0.05) is 11.0 Å².